The fourth-order valence-corrected chi connectivity index (χ4v) is 2.25. The summed E-state index contributed by atoms with van der Waals surface area (Å²) in [6.07, 6.45) is 1.63. The van der Waals surface area contributed by atoms with Crippen LogP contribution in [0.25, 0.3) is 0 Å². The fraction of sp³-hybridized carbons (Fsp3) is 0.462. The molecular formula is C13H19NO4S. The minimum atomic E-state index is -2.96. The van der Waals surface area contributed by atoms with E-state index in [1.54, 1.807) is 13.0 Å². The van der Waals surface area contributed by atoms with Gasteiger partial charge >= 0.3 is 0 Å². The van der Waals surface area contributed by atoms with E-state index in [2.05, 4.69) is 5.16 Å². The molecule has 0 aliphatic rings. The molecule has 1 aromatic carbocycles. The predicted octanol–water partition coefficient (Wildman–Crippen LogP) is 2.01. The van der Waals surface area contributed by atoms with Crippen LogP contribution in [-0.4, -0.2) is 38.0 Å². The first-order valence-corrected chi connectivity index (χ1v) is 8.00. The molecule has 6 heteroatoms. The van der Waals surface area contributed by atoms with Gasteiger partial charge in [-0.15, -0.1) is 0 Å². The molecule has 0 atom stereocenters. The van der Waals surface area contributed by atoms with Crippen LogP contribution >= 0.6 is 0 Å². The largest absolute Gasteiger partial charge is 0.493 e. The topological polar surface area (TPSA) is 76.0 Å². The Morgan fingerprint density at radius 2 is 2.11 bits per heavy atom. The molecule has 0 aromatic heterocycles. The summed E-state index contributed by atoms with van der Waals surface area (Å²) in [4.78, 5) is 0. The first-order chi connectivity index (χ1) is 8.83. The SMILES string of the molecule is C/C(=N/O)c1cc(C)ccc1OCCCS(C)(=O)=O. The van der Waals surface area contributed by atoms with Crippen molar-refractivity contribution >= 4 is 15.5 Å². The predicted molar refractivity (Wildman–Crippen MR) is 75.0 cm³/mol. The molecule has 0 aliphatic carbocycles. The van der Waals surface area contributed by atoms with Crippen molar-refractivity contribution in [2.45, 2.75) is 20.3 Å². The number of nitrogens with zero attached hydrogens (tertiary/aromatic N) is 1. The zero-order valence-corrected chi connectivity index (χ0v) is 12.2. The van der Waals surface area contributed by atoms with Crippen LogP contribution in [0, 0.1) is 6.92 Å². The molecule has 0 saturated heterocycles. The third-order valence-corrected chi connectivity index (χ3v) is 3.62. The Morgan fingerprint density at radius 3 is 2.68 bits per heavy atom. The first-order valence-electron chi connectivity index (χ1n) is 5.93. The van der Waals surface area contributed by atoms with Gasteiger partial charge in [0.2, 0.25) is 0 Å². The van der Waals surface area contributed by atoms with Crippen molar-refractivity contribution in [3.05, 3.63) is 29.3 Å². The summed E-state index contributed by atoms with van der Waals surface area (Å²) in [5, 5.41) is 12.0. The number of ether oxygens (including phenoxy) is 1. The van der Waals surface area contributed by atoms with Gasteiger partial charge in [-0.25, -0.2) is 8.42 Å². The molecule has 0 bridgehead atoms. The molecule has 0 fully saturated rings. The van der Waals surface area contributed by atoms with E-state index in [-0.39, 0.29) is 5.75 Å². The summed E-state index contributed by atoms with van der Waals surface area (Å²) in [5.41, 5.74) is 2.20. The summed E-state index contributed by atoms with van der Waals surface area (Å²) in [7, 11) is -2.96. The van der Waals surface area contributed by atoms with Gasteiger partial charge < -0.3 is 9.94 Å². The van der Waals surface area contributed by atoms with Crippen molar-refractivity contribution in [3.8, 4) is 5.75 Å². The van der Waals surface area contributed by atoms with E-state index in [0.29, 0.717) is 30.1 Å². The average molecular weight is 285 g/mol. The number of rotatable bonds is 6. The Bertz CT molecular complexity index is 564. The minimum Gasteiger partial charge on any atom is -0.493 e. The van der Waals surface area contributed by atoms with Gasteiger partial charge in [0.25, 0.3) is 0 Å². The molecule has 0 unspecified atom stereocenters. The van der Waals surface area contributed by atoms with Crippen LogP contribution in [0.5, 0.6) is 5.75 Å². The van der Waals surface area contributed by atoms with Gasteiger partial charge in [-0.2, -0.15) is 0 Å². The summed E-state index contributed by atoms with van der Waals surface area (Å²) in [5.74, 6) is 0.691. The zero-order chi connectivity index (χ0) is 14.5. The van der Waals surface area contributed by atoms with Gasteiger partial charge in [0, 0.05) is 11.8 Å². The summed E-state index contributed by atoms with van der Waals surface area (Å²) >= 11 is 0. The van der Waals surface area contributed by atoms with Crippen LogP contribution in [0.3, 0.4) is 0 Å². The quantitative estimate of drug-likeness (QED) is 0.375. The highest BCUT2D eigenvalue weighted by molar-refractivity contribution is 7.90. The van der Waals surface area contributed by atoms with Crippen molar-refractivity contribution in [2.24, 2.45) is 5.16 Å². The standard InChI is InChI=1S/C13H19NO4S/c1-10-5-6-13(12(9-10)11(2)14-15)18-7-4-8-19(3,16)17/h5-6,9,15H,4,7-8H2,1-3H3/b14-11-. The lowest BCUT2D eigenvalue weighted by atomic mass is 10.1. The number of oxime groups is 1. The number of hydrogen-bond donors (Lipinski definition) is 1. The van der Waals surface area contributed by atoms with Crippen LogP contribution in [0.2, 0.25) is 0 Å². The number of sulfone groups is 1. The average Bonchev–Trinajstić information content (AvgIpc) is 2.33. The van der Waals surface area contributed by atoms with Gasteiger partial charge in [-0.3, -0.25) is 0 Å². The van der Waals surface area contributed by atoms with Crippen molar-refractivity contribution in [1.82, 2.24) is 0 Å². The Morgan fingerprint density at radius 1 is 1.42 bits per heavy atom. The van der Waals surface area contributed by atoms with Crippen LogP contribution in [0.1, 0.15) is 24.5 Å². The lowest BCUT2D eigenvalue weighted by molar-refractivity contribution is 0.312. The van der Waals surface area contributed by atoms with Crippen molar-refractivity contribution in [2.75, 3.05) is 18.6 Å². The van der Waals surface area contributed by atoms with Crippen LogP contribution in [0.4, 0.5) is 0 Å². The van der Waals surface area contributed by atoms with Gasteiger partial charge in [0.1, 0.15) is 15.6 Å². The molecular weight excluding hydrogens is 266 g/mol. The van der Waals surface area contributed by atoms with Crippen LogP contribution in [-0.2, 0) is 9.84 Å². The Kier molecular flexibility index (Phi) is 5.35. The number of hydrogen-bond acceptors (Lipinski definition) is 5. The second kappa shape index (κ2) is 6.56. The highest BCUT2D eigenvalue weighted by atomic mass is 32.2. The molecule has 19 heavy (non-hydrogen) atoms. The molecule has 0 heterocycles. The highest BCUT2D eigenvalue weighted by Gasteiger charge is 2.08. The molecule has 1 aromatic rings. The molecule has 106 valence electrons. The summed E-state index contributed by atoms with van der Waals surface area (Å²) in [6, 6.07) is 5.54. The highest BCUT2D eigenvalue weighted by Crippen LogP contribution is 2.21. The molecule has 5 nitrogen and oxygen atoms in total. The van der Waals surface area contributed by atoms with E-state index in [1.807, 2.05) is 19.1 Å². The van der Waals surface area contributed by atoms with E-state index in [4.69, 9.17) is 9.94 Å². The first kappa shape index (κ1) is 15.5. The lowest BCUT2D eigenvalue weighted by Crippen LogP contribution is -2.09. The number of aryl methyl sites for hydroxylation is 1. The fourth-order valence-electron chi connectivity index (χ4n) is 1.61. The monoisotopic (exact) mass is 285 g/mol. The van der Waals surface area contributed by atoms with Crippen molar-refractivity contribution in [1.29, 1.82) is 0 Å². The third-order valence-electron chi connectivity index (χ3n) is 2.59. The Balaban J connectivity index is 2.73. The zero-order valence-electron chi connectivity index (χ0n) is 11.4. The molecule has 0 spiro atoms. The smallest absolute Gasteiger partial charge is 0.147 e. The van der Waals surface area contributed by atoms with E-state index in [0.717, 1.165) is 5.56 Å². The Hall–Kier alpha value is -1.56. The molecule has 1 N–H and O–H groups in total. The number of benzene rings is 1. The maximum absolute atomic E-state index is 11.0. The van der Waals surface area contributed by atoms with Crippen LogP contribution < -0.4 is 4.74 Å². The summed E-state index contributed by atoms with van der Waals surface area (Å²) in [6.45, 7) is 3.92. The van der Waals surface area contributed by atoms with Crippen LogP contribution in [0.15, 0.2) is 23.4 Å². The van der Waals surface area contributed by atoms with E-state index >= 15 is 0 Å². The normalized spacial score (nSPS) is 12.5. The van der Waals surface area contributed by atoms with E-state index < -0.39 is 9.84 Å². The third kappa shape index (κ3) is 5.30. The summed E-state index contributed by atoms with van der Waals surface area (Å²) < 4.78 is 27.6. The molecule has 0 saturated carbocycles. The molecule has 0 amide bonds. The van der Waals surface area contributed by atoms with Gasteiger partial charge in [-0.1, -0.05) is 16.8 Å². The second-order valence-electron chi connectivity index (χ2n) is 4.52. The maximum atomic E-state index is 11.0. The molecule has 0 aliphatic heterocycles. The maximum Gasteiger partial charge on any atom is 0.147 e. The lowest BCUT2D eigenvalue weighted by Gasteiger charge is -2.11. The molecule has 1 rings (SSSR count). The van der Waals surface area contributed by atoms with Crippen molar-refractivity contribution < 1.29 is 18.4 Å². The van der Waals surface area contributed by atoms with Crippen molar-refractivity contribution in [3.63, 3.8) is 0 Å². The second-order valence-corrected chi connectivity index (χ2v) is 6.78. The molecule has 0 radical (unpaired) electrons. The van der Waals surface area contributed by atoms with Gasteiger partial charge in [0.05, 0.1) is 18.1 Å². The Labute approximate surface area is 113 Å². The van der Waals surface area contributed by atoms with Gasteiger partial charge in [-0.05, 0) is 32.4 Å². The van der Waals surface area contributed by atoms with Gasteiger partial charge in [0.15, 0.2) is 0 Å². The van der Waals surface area contributed by atoms with E-state index in [1.165, 1.54) is 6.26 Å². The van der Waals surface area contributed by atoms with E-state index in [9.17, 15) is 8.42 Å². The minimum absolute atomic E-state index is 0.0985.